The van der Waals surface area contributed by atoms with Crippen molar-refractivity contribution in [1.82, 2.24) is 9.88 Å². The fraction of sp³-hybridized carbons (Fsp3) is 0.520. The third-order valence-corrected chi connectivity index (χ3v) is 5.76. The van der Waals surface area contributed by atoms with Crippen molar-refractivity contribution in [1.29, 1.82) is 0 Å². The minimum atomic E-state index is -0.900. The van der Waals surface area contributed by atoms with Crippen molar-refractivity contribution in [3.05, 3.63) is 63.9 Å². The standard InChI is InChI=1S/C25H32N2O7/c1-24(2,3)34-23(30)27-17(14-31-13-15-9-7-6-8-10-15)20-21(33-25(4,5)32-20)19(27)16-11-12-18(28)26-22(16)29/h6-12,17,19-21H,13-14H2,1-5H3,(H2,26,28,29)/t17-,19?,20-,21+/m1/s1. The summed E-state index contributed by atoms with van der Waals surface area (Å²) in [6.45, 7) is 9.47. The van der Waals surface area contributed by atoms with Gasteiger partial charge in [-0.25, -0.2) is 4.79 Å². The first-order valence-electron chi connectivity index (χ1n) is 11.4. The van der Waals surface area contributed by atoms with E-state index in [1.54, 1.807) is 34.6 Å². The molecule has 2 aliphatic heterocycles. The molecule has 0 saturated carbocycles. The number of aromatic amines is 1. The van der Waals surface area contributed by atoms with Gasteiger partial charge in [0.15, 0.2) is 11.7 Å². The van der Waals surface area contributed by atoms with Crippen LogP contribution in [0, 0.1) is 0 Å². The Bertz CT molecular complexity index is 1080. The van der Waals surface area contributed by atoms with Gasteiger partial charge >= 0.3 is 6.09 Å². The van der Waals surface area contributed by atoms with Gasteiger partial charge in [-0.15, -0.1) is 0 Å². The molecule has 2 fully saturated rings. The average Bonchev–Trinajstić information content (AvgIpc) is 3.18. The van der Waals surface area contributed by atoms with Crippen LogP contribution < -0.4 is 5.56 Å². The maximum Gasteiger partial charge on any atom is 0.411 e. The van der Waals surface area contributed by atoms with Crippen LogP contribution in [0.2, 0.25) is 0 Å². The Balaban J connectivity index is 1.70. The van der Waals surface area contributed by atoms with E-state index in [1.165, 1.54) is 17.0 Å². The van der Waals surface area contributed by atoms with Gasteiger partial charge in [0.2, 0.25) is 0 Å². The first kappa shape index (κ1) is 24.3. The molecule has 4 atom stereocenters. The van der Waals surface area contributed by atoms with Crippen molar-refractivity contribution < 1.29 is 28.8 Å². The zero-order chi connectivity index (χ0) is 24.7. The number of hydrogen-bond donors (Lipinski definition) is 2. The Morgan fingerprint density at radius 3 is 2.44 bits per heavy atom. The van der Waals surface area contributed by atoms with Crippen LogP contribution in [0.4, 0.5) is 4.79 Å². The Morgan fingerprint density at radius 1 is 1.12 bits per heavy atom. The monoisotopic (exact) mass is 472 g/mol. The van der Waals surface area contributed by atoms with Gasteiger partial charge in [-0.05, 0) is 46.2 Å². The molecule has 3 heterocycles. The molecule has 9 nitrogen and oxygen atoms in total. The zero-order valence-corrected chi connectivity index (χ0v) is 20.1. The number of amides is 1. The van der Waals surface area contributed by atoms with Crippen LogP contribution in [0.5, 0.6) is 5.88 Å². The van der Waals surface area contributed by atoms with E-state index >= 15 is 0 Å². The largest absolute Gasteiger partial charge is 0.494 e. The molecular weight excluding hydrogens is 440 g/mol. The summed E-state index contributed by atoms with van der Waals surface area (Å²) in [5, 5.41) is 10.6. The van der Waals surface area contributed by atoms with Gasteiger partial charge in [0.05, 0.1) is 25.3 Å². The van der Waals surface area contributed by atoms with Crippen molar-refractivity contribution >= 4 is 6.09 Å². The molecule has 0 aliphatic carbocycles. The minimum absolute atomic E-state index is 0.162. The van der Waals surface area contributed by atoms with Gasteiger partial charge in [-0.3, -0.25) is 14.7 Å². The first-order chi connectivity index (χ1) is 16.0. The number of rotatable bonds is 5. The molecule has 2 N–H and O–H groups in total. The number of carbonyl (C=O) groups is 1. The summed E-state index contributed by atoms with van der Waals surface area (Å²) in [5.74, 6) is -1.23. The molecule has 4 rings (SSSR count). The van der Waals surface area contributed by atoms with E-state index < -0.39 is 47.3 Å². The lowest BCUT2D eigenvalue weighted by Crippen LogP contribution is -2.47. The van der Waals surface area contributed by atoms with Crippen molar-refractivity contribution in [2.75, 3.05) is 6.61 Å². The molecule has 1 aromatic heterocycles. The molecule has 184 valence electrons. The fourth-order valence-corrected chi connectivity index (χ4v) is 4.53. The number of pyridine rings is 1. The summed E-state index contributed by atoms with van der Waals surface area (Å²) in [6, 6.07) is 11.2. The summed E-state index contributed by atoms with van der Waals surface area (Å²) in [4.78, 5) is 29.1. The first-order valence-corrected chi connectivity index (χ1v) is 11.4. The highest BCUT2D eigenvalue weighted by molar-refractivity contribution is 5.70. The highest BCUT2D eigenvalue weighted by Crippen LogP contribution is 2.48. The van der Waals surface area contributed by atoms with Crippen molar-refractivity contribution in [3.63, 3.8) is 0 Å². The van der Waals surface area contributed by atoms with Crippen molar-refractivity contribution in [3.8, 4) is 5.88 Å². The number of nitrogens with zero attached hydrogens (tertiary/aromatic N) is 1. The Labute approximate surface area is 198 Å². The van der Waals surface area contributed by atoms with Gasteiger partial charge in [-0.2, -0.15) is 0 Å². The van der Waals surface area contributed by atoms with Crippen molar-refractivity contribution in [2.45, 2.75) is 76.9 Å². The molecule has 0 radical (unpaired) electrons. The molecule has 1 amide bonds. The van der Waals surface area contributed by atoms with Gasteiger partial charge in [0.25, 0.3) is 5.56 Å². The quantitative estimate of drug-likeness (QED) is 0.685. The second kappa shape index (κ2) is 9.05. The molecule has 34 heavy (non-hydrogen) atoms. The maximum absolute atomic E-state index is 13.4. The normalized spacial score (nSPS) is 25.9. The molecule has 2 aliphatic rings. The van der Waals surface area contributed by atoms with Crippen LogP contribution in [-0.2, 0) is 25.6 Å². The van der Waals surface area contributed by atoms with Gasteiger partial charge < -0.3 is 24.1 Å². The van der Waals surface area contributed by atoms with E-state index in [4.69, 9.17) is 18.9 Å². The lowest BCUT2D eigenvalue weighted by atomic mass is 10.0. The molecule has 0 spiro atoms. The molecule has 1 unspecified atom stereocenters. The second-order valence-electron chi connectivity index (χ2n) is 10.1. The van der Waals surface area contributed by atoms with E-state index in [9.17, 15) is 14.7 Å². The average molecular weight is 473 g/mol. The predicted octanol–water partition coefficient (Wildman–Crippen LogP) is 3.48. The number of benzene rings is 1. The number of H-pyrrole nitrogens is 1. The minimum Gasteiger partial charge on any atom is -0.494 e. The van der Waals surface area contributed by atoms with Gasteiger partial charge in [0, 0.05) is 11.6 Å². The maximum atomic E-state index is 13.4. The smallest absolute Gasteiger partial charge is 0.411 e. The molecule has 1 aromatic carbocycles. The number of aromatic hydroxyl groups is 1. The SMILES string of the molecule is CC(C)(C)OC(=O)N1C(c2ccc(=O)[nH]c2O)[C@@H]2OC(C)(C)O[C@@H]2[C@H]1COCc1ccccc1. The van der Waals surface area contributed by atoms with E-state index in [0.29, 0.717) is 12.2 Å². The lowest BCUT2D eigenvalue weighted by molar-refractivity contribution is -0.170. The topological polar surface area (TPSA) is 110 Å². The van der Waals surface area contributed by atoms with E-state index in [2.05, 4.69) is 4.98 Å². The third kappa shape index (κ3) is 5.11. The van der Waals surface area contributed by atoms with Crippen LogP contribution in [0.3, 0.4) is 0 Å². The molecular formula is C25H32N2O7. The van der Waals surface area contributed by atoms with Crippen LogP contribution >= 0.6 is 0 Å². The summed E-state index contributed by atoms with van der Waals surface area (Å²) in [7, 11) is 0. The number of aromatic nitrogens is 1. The number of hydrogen-bond acceptors (Lipinski definition) is 7. The summed E-state index contributed by atoms with van der Waals surface area (Å²) >= 11 is 0. The van der Waals surface area contributed by atoms with Crippen LogP contribution in [-0.4, -0.2) is 57.3 Å². The van der Waals surface area contributed by atoms with Gasteiger partial charge in [0.1, 0.15) is 17.8 Å². The summed E-state index contributed by atoms with van der Waals surface area (Å²) in [6.07, 6.45) is -1.73. The summed E-state index contributed by atoms with van der Waals surface area (Å²) < 4.78 is 24.1. The Morgan fingerprint density at radius 2 is 1.79 bits per heavy atom. The Kier molecular flexibility index (Phi) is 6.46. The van der Waals surface area contributed by atoms with Crippen LogP contribution in [0.1, 0.15) is 51.8 Å². The number of ether oxygens (including phenoxy) is 4. The predicted molar refractivity (Wildman–Crippen MR) is 123 cm³/mol. The highest BCUT2D eigenvalue weighted by atomic mass is 16.8. The van der Waals surface area contributed by atoms with Crippen molar-refractivity contribution in [2.24, 2.45) is 0 Å². The van der Waals surface area contributed by atoms with E-state index in [-0.39, 0.29) is 12.5 Å². The lowest BCUT2D eigenvalue weighted by Gasteiger charge is -2.35. The number of fused-ring (bicyclic) bond motifs is 1. The Hall–Kier alpha value is -2.88. The number of carbonyl (C=O) groups excluding carboxylic acids is 1. The molecule has 0 bridgehead atoms. The number of likely N-dealkylation sites (tertiary alicyclic amines) is 1. The van der Waals surface area contributed by atoms with E-state index in [1.807, 2.05) is 30.3 Å². The fourth-order valence-electron chi connectivity index (χ4n) is 4.53. The molecule has 2 aromatic rings. The molecule has 2 saturated heterocycles. The number of nitrogens with one attached hydrogen (secondary N) is 1. The highest BCUT2D eigenvalue weighted by Gasteiger charge is 2.61. The second-order valence-corrected chi connectivity index (χ2v) is 10.1. The zero-order valence-electron chi connectivity index (χ0n) is 20.1. The van der Waals surface area contributed by atoms with Crippen LogP contribution in [0.25, 0.3) is 0 Å². The van der Waals surface area contributed by atoms with Gasteiger partial charge in [-0.1, -0.05) is 30.3 Å². The van der Waals surface area contributed by atoms with E-state index in [0.717, 1.165) is 5.56 Å². The van der Waals surface area contributed by atoms with Crippen LogP contribution in [0.15, 0.2) is 47.3 Å². The molecule has 9 heteroatoms. The third-order valence-electron chi connectivity index (χ3n) is 5.76. The summed E-state index contributed by atoms with van der Waals surface area (Å²) in [5.41, 5.74) is 0.140.